The lowest BCUT2D eigenvalue weighted by Crippen LogP contribution is -2.33. The average Bonchev–Trinajstić information content (AvgIpc) is 2.55. The van der Waals surface area contributed by atoms with Gasteiger partial charge in [-0.25, -0.2) is 4.79 Å². The van der Waals surface area contributed by atoms with Crippen LogP contribution in [0.2, 0.25) is 0 Å². The molecule has 2 atom stereocenters. The maximum absolute atomic E-state index is 12.2. The van der Waals surface area contributed by atoms with Crippen molar-refractivity contribution in [1.82, 2.24) is 0 Å². The lowest BCUT2D eigenvalue weighted by atomic mass is 9.96. The van der Waals surface area contributed by atoms with Crippen molar-refractivity contribution in [1.29, 1.82) is 0 Å². The molecular weight excluding hydrogens is 248 g/mol. The zero-order valence-corrected chi connectivity index (χ0v) is 11.7. The fourth-order valence-electron chi connectivity index (χ4n) is 1.92. The number of ketones is 1. The zero-order valence-electron chi connectivity index (χ0n) is 11.7. The minimum Gasteiger partial charge on any atom is -0.479 e. The molecule has 0 amide bonds. The Labute approximate surface area is 112 Å². The molecule has 0 aromatic rings. The van der Waals surface area contributed by atoms with E-state index < -0.39 is 17.4 Å². The van der Waals surface area contributed by atoms with Crippen LogP contribution in [0.25, 0.3) is 0 Å². The molecule has 0 fully saturated rings. The summed E-state index contributed by atoms with van der Waals surface area (Å²) in [4.78, 5) is 23.7. The van der Waals surface area contributed by atoms with Gasteiger partial charge in [0.15, 0.2) is 5.60 Å². The fourth-order valence-corrected chi connectivity index (χ4v) is 1.92. The third-order valence-electron chi connectivity index (χ3n) is 2.97. The normalized spacial score (nSPS) is 24.8. The number of aliphatic hydroxyl groups is 1. The monoisotopic (exact) mass is 268 g/mol. The SMILES string of the molecule is COC(=O)C1=C(C)OC(C)(C=CCCC(C)O)C1=O. The molecule has 0 aromatic heterocycles. The largest absolute Gasteiger partial charge is 0.479 e. The summed E-state index contributed by atoms with van der Waals surface area (Å²) >= 11 is 0. The second-order valence-electron chi connectivity index (χ2n) is 4.79. The van der Waals surface area contributed by atoms with E-state index in [1.54, 1.807) is 32.9 Å². The second kappa shape index (κ2) is 6.02. The lowest BCUT2D eigenvalue weighted by molar-refractivity contribution is -0.138. The van der Waals surface area contributed by atoms with E-state index in [1.807, 2.05) is 0 Å². The minimum atomic E-state index is -1.16. The van der Waals surface area contributed by atoms with Gasteiger partial charge >= 0.3 is 5.97 Å². The zero-order chi connectivity index (χ0) is 14.6. The highest BCUT2D eigenvalue weighted by molar-refractivity contribution is 6.22. The first-order chi connectivity index (χ1) is 8.81. The first kappa shape index (κ1) is 15.4. The summed E-state index contributed by atoms with van der Waals surface area (Å²) in [6, 6.07) is 0. The topological polar surface area (TPSA) is 72.8 Å². The molecule has 0 aliphatic carbocycles. The minimum absolute atomic E-state index is 0.0369. The van der Waals surface area contributed by atoms with E-state index in [9.17, 15) is 9.59 Å². The Morgan fingerprint density at radius 3 is 2.74 bits per heavy atom. The van der Waals surface area contributed by atoms with E-state index in [-0.39, 0.29) is 17.4 Å². The number of carbonyl (C=O) groups excluding carboxylic acids is 2. The predicted octanol–water partition coefficient (Wildman–Crippen LogP) is 1.51. The summed E-state index contributed by atoms with van der Waals surface area (Å²) in [7, 11) is 1.23. The molecule has 0 bridgehead atoms. The lowest BCUT2D eigenvalue weighted by Gasteiger charge is -2.18. The molecular formula is C14H20O5. The number of ether oxygens (including phenoxy) is 2. The summed E-state index contributed by atoms with van der Waals surface area (Å²) in [5, 5.41) is 9.15. The molecule has 1 N–H and O–H groups in total. The Balaban J connectivity index is 2.77. The van der Waals surface area contributed by atoms with Gasteiger partial charge in [-0.3, -0.25) is 4.79 Å². The van der Waals surface area contributed by atoms with Crippen molar-refractivity contribution in [2.45, 2.75) is 45.3 Å². The molecule has 1 aliphatic rings. The smallest absolute Gasteiger partial charge is 0.345 e. The number of aliphatic hydroxyl groups excluding tert-OH is 1. The van der Waals surface area contributed by atoms with Gasteiger partial charge in [0.25, 0.3) is 0 Å². The van der Waals surface area contributed by atoms with Crippen molar-refractivity contribution in [2.24, 2.45) is 0 Å². The van der Waals surface area contributed by atoms with Crippen molar-refractivity contribution in [3.63, 3.8) is 0 Å². The van der Waals surface area contributed by atoms with E-state index in [0.717, 1.165) is 0 Å². The van der Waals surface area contributed by atoms with Gasteiger partial charge < -0.3 is 14.6 Å². The number of hydrogen-bond donors (Lipinski definition) is 1. The molecule has 106 valence electrons. The molecule has 1 aliphatic heterocycles. The van der Waals surface area contributed by atoms with Crippen molar-refractivity contribution < 1.29 is 24.2 Å². The number of hydrogen-bond acceptors (Lipinski definition) is 5. The first-order valence-corrected chi connectivity index (χ1v) is 6.20. The maximum Gasteiger partial charge on any atom is 0.345 e. The highest BCUT2D eigenvalue weighted by Crippen LogP contribution is 2.32. The summed E-state index contributed by atoms with van der Waals surface area (Å²) in [5.74, 6) is -0.798. The molecule has 0 radical (unpaired) electrons. The summed E-state index contributed by atoms with van der Waals surface area (Å²) in [6.45, 7) is 4.88. The van der Waals surface area contributed by atoms with Gasteiger partial charge in [0.1, 0.15) is 11.3 Å². The molecule has 0 aromatic carbocycles. The Morgan fingerprint density at radius 2 is 2.21 bits per heavy atom. The molecule has 0 saturated heterocycles. The maximum atomic E-state index is 12.2. The van der Waals surface area contributed by atoms with Crippen LogP contribution in [0.5, 0.6) is 0 Å². The number of Topliss-reactive ketones (excluding diaryl/α,β-unsaturated/α-hetero) is 1. The Hall–Kier alpha value is -1.62. The van der Waals surface area contributed by atoms with Crippen LogP contribution in [0.4, 0.5) is 0 Å². The van der Waals surface area contributed by atoms with Crippen LogP contribution in [0, 0.1) is 0 Å². The number of rotatable bonds is 5. The van der Waals surface area contributed by atoms with Crippen molar-refractivity contribution in [2.75, 3.05) is 7.11 Å². The number of esters is 1. The van der Waals surface area contributed by atoms with Gasteiger partial charge in [-0.1, -0.05) is 6.08 Å². The van der Waals surface area contributed by atoms with Crippen LogP contribution >= 0.6 is 0 Å². The van der Waals surface area contributed by atoms with Crippen LogP contribution in [-0.2, 0) is 19.1 Å². The fraction of sp³-hybridized carbons (Fsp3) is 0.571. The number of carbonyl (C=O) groups is 2. The van der Waals surface area contributed by atoms with Gasteiger partial charge in [-0.05, 0) is 39.7 Å². The first-order valence-electron chi connectivity index (χ1n) is 6.20. The molecule has 19 heavy (non-hydrogen) atoms. The van der Waals surface area contributed by atoms with Crippen LogP contribution in [-0.4, -0.2) is 35.7 Å². The van der Waals surface area contributed by atoms with Crippen LogP contribution in [0.1, 0.15) is 33.6 Å². The standard InChI is InChI=1S/C14H20O5/c1-9(15)7-5-6-8-14(3)12(16)11(10(2)19-14)13(17)18-4/h6,8-9,15H,5,7H2,1-4H3. The molecule has 2 unspecified atom stereocenters. The molecule has 0 spiro atoms. The number of methoxy groups -OCH3 is 1. The third kappa shape index (κ3) is 3.44. The predicted molar refractivity (Wildman–Crippen MR) is 69.3 cm³/mol. The van der Waals surface area contributed by atoms with E-state index in [2.05, 4.69) is 4.74 Å². The van der Waals surface area contributed by atoms with E-state index in [0.29, 0.717) is 12.8 Å². The molecule has 1 heterocycles. The van der Waals surface area contributed by atoms with Gasteiger partial charge in [-0.2, -0.15) is 0 Å². The number of allylic oxidation sites excluding steroid dienone is 2. The molecule has 1 rings (SSSR count). The summed E-state index contributed by atoms with van der Waals surface area (Å²) in [5.41, 5.74) is -1.20. The van der Waals surface area contributed by atoms with Crippen molar-refractivity contribution in [3.05, 3.63) is 23.5 Å². The van der Waals surface area contributed by atoms with Crippen molar-refractivity contribution in [3.8, 4) is 0 Å². The van der Waals surface area contributed by atoms with Gasteiger partial charge in [-0.15, -0.1) is 0 Å². The molecule has 5 heteroatoms. The van der Waals surface area contributed by atoms with Crippen molar-refractivity contribution >= 4 is 11.8 Å². The Morgan fingerprint density at radius 1 is 1.58 bits per heavy atom. The van der Waals surface area contributed by atoms with E-state index >= 15 is 0 Å². The van der Waals surface area contributed by atoms with E-state index in [1.165, 1.54) is 7.11 Å². The van der Waals surface area contributed by atoms with E-state index in [4.69, 9.17) is 9.84 Å². The second-order valence-corrected chi connectivity index (χ2v) is 4.79. The highest BCUT2D eigenvalue weighted by atomic mass is 16.5. The highest BCUT2D eigenvalue weighted by Gasteiger charge is 2.45. The van der Waals surface area contributed by atoms with Gasteiger partial charge in [0, 0.05) is 0 Å². The molecule has 5 nitrogen and oxygen atoms in total. The summed E-state index contributed by atoms with van der Waals surface area (Å²) < 4.78 is 10.1. The van der Waals surface area contributed by atoms with Gasteiger partial charge in [0.2, 0.25) is 5.78 Å². The van der Waals surface area contributed by atoms with Crippen LogP contribution < -0.4 is 0 Å². The Kier molecular flexibility index (Phi) is 4.89. The quantitative estimate of drug-likeness (QED) is 0.465. The van der Waals surface area contributed by atoms with Gasteiger partial charge in [0.05, 0.1) is 13.2 Å². The van der Waals surface area contributed by atoms with Crippen LogP contribution in [0.3, 0.4) is 0 Å². The summed E-state index contributed by atoms with van der Waals surface area (Å²) in [6.07, 6.45) is 4.26. The third-order valence-corrected chi connectivity index (χ3v) is 2.97. The Bertz CT molecular complexity index is 433. The average molecular weight is 268 g/mol. The molecule has 0 saturated carbocycles. The van der Waals surface area contributed by atoms with Crippen LogP contribution in [0.15, 0.2) is 23.5 Å².